The van der Waals surface area contributed by atoms with E-state index in [4.69, 9.17) is 18.7 Å². The standard InChI is InChI=1S/C38H33FN2O6/c1-41-14-8-13-27(41)25-18-28(44-19-21-9-4-2-5-10-21)31-26(33(25)39)16-23-15-24-17-29-32(35(43)38(24)36(46-38)30(23)34(31)42)37(40-47-29)45-20-22-11-6-3-7-12-22/h2-7,9-12,18,23-24,27H,8,13-17,19-20H2,1H3/t23?,24-,27?,38+/m0/s1. The van der Waals surface area contributed by atoms with Crippen molar-refractivity contribution >= 4 is 11.6 Å². The summed E-state index contributed by atoms with van der Waals surface area (Å²) in [5.41, 5.74) is 2.58. The number of carbonyl (C=O) groups excluding carboxylic acids is 2. The Morgan fingerprint density at radius 1 is 0.979 bits per heavy atom. The van der Waals surface area contributed by atoms with E-state index in [1.165, 1.54) is 0 Å². The minimum Gasteiger partial charge on any atom is -0.488 e. The SMILES string of the molecule is CN1CCCC1c1cc(OCc2ccccc2)c2c(c1F)CC1C[C@H]3Cc4onc(OCc5ccccc5)c4C(=O)[C@]34OC4=C1C2=O. The molecule has 4 aromatic rings. The van der Waals surface area contributed by atoms with Crippen molar-refractivity contribution < 1.29 is 32.7 Å². The molecule has 47 heavy (non-hydrogen) atoms. The molecule has 9 rings (SSSR count). The van der Waals surface area contributed by atoms with E-state index in [-0.39, 0.29) is 65.5 Å². The van der Waals surface area contributed by atoms with Crippen LogP contribution in [-0.2, 0) is 30.8 Å². The number of Topliss-reactive ketones (excluding diaryl/α,β-unsaturated/α-hetero) is 2. The molecule has 0 N–H and O–H groups in total. The van der Waals surface area contributed by atoms with Crippen molar-refractivity contribution in [3.05, 3.63) is 123 Å². The van der Waals surface area contributed by atoms with E-state index < -0.39 is 5.60 Å². The van der Waals surface area contributed by atoms with Crippen LogP contribution in [0.2, 0.25) is 0 Å². The molecular weight excluding hydrogens is 599 g/mol. The Morgan fingerprint density at radius 2 is 1.70 bits per heavy atom. The summed E-state index contributed by atoms with van der Waals surface area (Å²) in [7, 11) is 2.01. The van der Waals surface area contributed by atoms with Crippen molar-refractivity contribution in [3.63, 3.8) is 0 Å². The van der Waals surface area contributed by atoms with Gasteiger partial charge in [0.15, 0.2) is 17.3 Å². The van der Waals surface area contributed by atoms with Gasteiger partial charge in [0, 0.05) is 35.1 Å². The molecule has 3 aliphatic carbocycles. The molecule has 0 saturated carbocycles. The van der Waals surface area contributed by atoms with Crippen LogP contribution in [0.1, 0.15) is 74.0 Å². The molecule has 0 amide bonds. The summed E-state index contributed by atoms with van der Waals surface area (Å²) in [6.07, 6.45) is 3.05. The predicted octanol–water partition coefficient (Wildman–Crippen LogP) is 6.58. The minimum atomic E-state index is -1.25. The third-order valence-electron chi connectivity index (χ3n) is 10.7. The second-order valence-corrected chi connectivity index (χ2v) is 13.4. The van der Waals surface area contributed by atoms with Crippen molar-refractivity contribution in [2.75, 3.05) is 13.6 Å². The number of ketones is 2. The first kappa shape index (κ1) is 28.5. The smallest absolute Gasteiger partial charge is 0.265 e. The number of allylic oxidation sites excluding steroid dienone is 1. The molecule has 3 heterocycles. The molecule has 4 atom stereocenters. The molecule has 2 saturated heterocycles. The van der Waals surface area contributed by atoms with E-state index in [0.29, 0.717) is 53.2 Å². The molecule has 0 radical (unpaired) electrons. The first-order valence-electron chi connectivity index (χ1n) is 16.3. The van der Waals surface area contributed by atoms with Crippen molar-refractivity contribution in [3.8, 4) is 11.6 Å². The maximum Gasteiger partial charge on any atom is 0.265 e. The van der Waals surface area contributed by atoms with Crippen LogP contribution in [0.5, 0.6) is 11.6 Å². The highest BCUT2D eigenvalue weighted by atomic mass is 19.1. The van der Waals surface area contributed by atoms with Gasteiger partial charge in [-0.05, 0) is 67.5 Å². The highest BCUT2D eigenvalue weighted by molar-refractivity contribution is 6.17. The molecule has 8 nitrogen and oxygen atoms in total. The van der Waals surface area contributed by atoms with E-state index in [2.05, 4.69) is 10.1 Å². The van der Waals surface area contributed by atoms with E-state index in [1.54, 1.807) is 6.07 Å². The third kappa shape index (κ3) is 4.32. The topological polar surface area (TPSA) is 94.4 Å². The number of carbonyl (C=O) groups is 2. The van der Waals surface area contributed by atoms with E-state index in [9.17, 15) is 9.59 Å². The zero-order chi connectivity index (χ0) is 31.9. The number of benzene rings is 3. The lowest BCUT2D eigenvalue weighted by molar-refractivity contribution is 0.0734. The number of nitrogens with zero attached hydrogens (tertiary/aromatic N) is 2. The number of likely N-dealkylation sites (tertiary alicyclic amines) is 1. The Balaban J connectivity index is 1.09. The lowest BCUT2D eigenvalue weighted by Crippen LogP contribution is -2.44. The van der Waals surface area contributed by atoms with Crippen LogP contribution in [0.25, 0.3) is 0 Å². The maximum atomic E-state index is 16.6. The maximum absolute atomic E-state index is 16.6. The number of hydrogen-bond donors (Lipinski definition) is 0. The lowest BCUT2D eigenvalue weighted by Gasteiger charge is -2.36. The number of ether oxygens (including phenoxy) is 3. The van der Waals surface area contributed by atoms with Crippen LogP contribution in [0.15, 0.2) is 82.6 Å². The molecule has 9 heteroatoms. The molecule has 3 aromatic carbocycles. The summed E-state index contributed by atoms with van der Waals surface area (Å²) in [5, 5.41) is 4.10. The van der Waals surface area contributed by atoms with E-state index in [1.807, 2.05) is 67.7 Å². The van der Waals surface area contributed by atoms with Crippen LogP contribution in [0, 0.1) is 17.7 Å². The highest BCUT2D eigenvalue weighted by Crippen LogP contribution is 2.63. The average Bonchev–Trinajstić information content (AvgIpc) is 3.49. The second-order valence-electron chi connectivity index (χ2n) is 13.4. The van der Waals surface area contributed by atoms with Gasteiger partial charge in [-0.2, -0.15) is 0 Å². The molecule has 5 aliphatic rings. The molecule has 2 unspecified atom stereocenters. The lowest BCUT2D eigenvalue weighted by atomic mass is 9.63. The Kier molecular flexibility index (Phi) is 6.44. The fraction of sp³-hybridized carbons (Fsp3) is 0.342. The molecule has 2 fully saturated rings. The number of aromatic nitrogens is 1. The first-order chi connectivity index (χ1) is 22.9. The van der Waals surface area contributed by atoms with Crippen molar-refractivity contribution in [1.29, 1.82) is 0 Å². The zero-order valence-corrected chi connectivity index (χ0v) is 26.0. The van der Waals surface area contributed by atoms with Gasteiger partial charge in [-0.3, -0.25) is 14.5 Å². The van der Waals surface area contributed by atoms with Gasteiger partial charge in [0.2, 0.25) is 11.4 Å². The summed E-state index contributed by atoms with van der Waals surface area (Å²) in [5.74, 6) is -0.110. The molecule has 238 valence electrons. The van der Waals surface area contributed by atoms with Gasteiger partial charge in [-0.15, -0.1) is 0 Å². The largest absolute Gasteiger partial charge is 0.488 e. The van der Waals surface area contributed by atoms with Crippen LogP contribution >= 0.6 is 0 Å². The quantitative estimate of drug-likeness (QED) is 0.211. The Labute approximate surface area is 271 Å². The van der Waals surface area contributed by atoms with Crippen molar-refractivity contribution in [1.82, 2.24) is 10.1 Å². The Bertz CT molecular complexity index is 1970. The monoisotopic (exact) mass is 632 g/mol. The number of fused-ring (bicyclic) bond motifs is 3. The number of epoxide rings is 1. The second kappa shape index (κ2) is 10.6. The molecule has 2 aliphatic heterocycles. The summed E-state index contributed by atoms with van der Waals surface area (Å²) < 4.78 is 40.8. The fourth-order valence-electron chi connectivity index (χ4n) is 8.34. The van der Waals surface area contributed by atoms with Gasteiger partial charge < -0.3 is 18.7 Å². The van der Waals surface area contributed by atoms with Crippen molar-refractivity contribution in [2.45, 2.75) is 57.0 Å². The molecule has 0 bridgehead atoms. The van der Waals surface area contributed by atoms with Gasteiger partial charge in [0.05, 0.1) is 5.56 Å². The molecule has 1 aromatic heterocycles. The minimum absolute atomic E-state index is 0.0841. The number of halogens is 1. The Morgan fingerprint density at radius 3 is 2.40 bits per heavy atom. The zero-order valence-electron chi connectivity index (χ0n) is 26.0. The van der Waals surface area contributed by atoms with Crippen LogP contribution < -0.4 is 9.47 Å². The summed E-state index contributed by atoms with van der Waals surface area (Å²) >= 11 is 0. The van der Waals surface area contributed by atoms with Crippen LogP contribution in [0.3, 0.4) is 0 Å². The normalized spacial score (nSPS) is 25.7. The van der Waals surface area contributed by atoms with Gasteiger partial charge >= 0.3 is 0 Å². The van der Waals surface area contributed by atoms with Crippen molar-refractivity contribution in [2.24, 2.45) is 11.8 Å². The number of hydrogen-bond acceptors (Lipinski definition) is 8. The van der Waals surface area contributed by atoms with Gasteiger partial charge in [0.1, 0.15) is 30.3 Å². The summed E-state index contributed by atoms with van der Waals surface area (Å²) in [6.45, 7) is 1.35. The fourth-order valence-corrected chi connectivity index (χ4v) is 8.34. The third-order valence-corrected chi connectivity index (χ3v) is 10.7. The average molecular weight is 633 g/mol. The van der Waals surface area contributed by atoms with Gasteiger partial charge in [0.25, 0.3) is 5.88 Å². The summed E-state index contributed by atoms with van der Waals surface area (Å²) in [6, 6.07) is 21.0. The molecule has 1 spiro atoms. The van der Waals surface area contributed by atoms with Crippen LogP contribution in [0.4, 0.5) is 4.39 Å². The van der Waals surface area contributed by atoms with E-state index in [0.717, 1.165) is 30.5 Å². The van der Waals surface area contributed by atoms with E-state index >= 15 is 4.39 Å². The number of rotatable bonds is 7. The van der Waals surface area contributed by atoms with Gasteiger partial charge in [-0.25, -0.2) is 4.39 Å². The summed E-state index contributed by atoms with van der Waals surface area (Å²) in [4.78, 5) is 30.9. The predicted molar refractivity (Wildman–Crippen MR) is 168 cm³/mol. The molecular formula is C38H33FN2O6. The van der Waals surface area contributed by atoms with Crippen LogP contribution in [-0.4, -0.2) is 40.8 Å². The highest BCUT2D eigenvalue weighted by Gasteiger charge is 2.72. The van der Waals surface area contributed by atoms with Gasteiger partial charge in [-0.1, -0.05) is 60.7 Å². The Hall–Kier alpha value is -4.76. The first-order valence-corrected chi connectivity index (χ1v) is 16.3.